The third-order valence-electron chi connectivity index (χ3n) is 4.89. The predicted octanol–water partition coefficient (Wildman–Crippen LogP) is 1.45. The van der Waals surface area contributed by atoms with Crippen molar-refractivity contribution in [2.75, 3.05) is 58.3 Å². The molecule has 1 aromatic carbocycles. The van der Waals surface area contributed by atoms with Gasteiger partial charge in [-0.1, -0.05) is 23.4 Å². The fourth-order valence-corrected chi connectivity index (χ4v) is 4.67. The van der Waals surface area contributed by atoms with Gasteiger partial charge in [0, 0.05) is 65.1 Å². The first-order valence-corrected chi connectivity index (χ1v) is 11.2. The van der Waals surface area contributed by atoms with Crippen LogP contribution in [0, 0.1) is 0 Å². The lowest BCUT2D eigenvalue weighted by Gasteiger charge is -2.36. The molecule has 0 radical (unpaired) electrons. The molecule has 0 unspecified atom stereocenters. The summed E-state index contributed by atoms with van der Waals surface area (Å²) < 4.78 is 31.3. The van der Waals surface area contributed by atoms with Gasteiger partial charge < -0.3 is 19.6 Å². The van der Waals surface area contributed by atoms with Crippen molar-refractivity contribution in [2.24, 2.45) is 4.99 Å². The first kappa shape index (κ1) is 24.4. The van der Waals surface area contributed by atoms with Crippen molar-refractivity contribution in [3.8, 4) is 0 Å². The van der Waals surface area contributed by atoms with Crippen molar-refractivity contribution in [1.82, 2.24) is 19.7 Å². The Labute approximate surface area is 195 Å². The smallest absolute Gasteiger partial charge is 0.220 e. The zero-order valence-corrected chi connectivity index (χ0v) is 20.4. The Balaban J connectivity index is 0.00000320. The van der Waals surface area contributed by atoms with Gasteiger partial charge in [0.1, 0.15) is 12.0 Å². The highest BCUT2D eigenvalue weighted by Crippen LogP contribution is 2.13. The number of nitrogens with one attached hydrogen (secondary N) is 1. The Morgan fingerprint density at radius 2 is 1.90 bits per heavy atom. The van der Waals surface area contributed by atoms with E-state index in [1.165, 1.54) is 10.6 Å². The summed E-state index contributed by atoms with van der Waals surface area (Å²) in [6.07, 6.45) is 1.38. The number of piperazine rings is 1. The van der Waals surface area contributed by atoms with Gasteiger partial charge in [-0.15, -0.1) is 24.0 Å². The molecule has 0 aliphatic carbocycles. The summed E-state index contributed by atoms with van der Waals surface area (Å²) in [6, 6.07) is 11.8. The summed E-state index contributed by atoms with van der Waals surface area (Å²) in [4.78, 5) is 8.62. The molecule has 1 saturated heterocycles. The zero-order valence-electron chi connectivity index (χ0n) is 17.3. The number of aromatic nitrogens is 1. The Kier molecular flexibility index (Phi) is 9.37. The molecule has 11 heteroatoms. The molecule has 1 N–H and O–H groups in total. The Morgan fingerprint density at radius 3 is 2.50 bits per heavy atom. The lowest BCUT2D eigenvalue weighted by molar-refractivity contribution is 0.260. The Bertz CT molecular complexity index is 884. The minimum Gasteiger partial charge on any atom is -0.373 e. The molecule has 3 rings (SSSR count). The lowest BCUT2D eigenvalue weighted by Crippen LogP contribution is -2.54. The first-order chi connectivity index (χ1) is 14.0. The molecular weight excluding hydrogens is 519 g/mol. The number of anilines is 1. The van der Waals surface area contributed by atoms with Crippen molar-refractivity contribution in [2.45, 2.75) is 5.75 Å². The summed E-state index contributed by atoms with van der Waals surface area (Å²) in [6.45, 7) is 3.59. The van der Waals surface area contributed by atoms with Crippen LogP contribution in [0.15, 0.2) is 52.2 Å². The number of likely N-dealkylation sites (N-methyl/N-ethyl adjacent to an activating group) is 1. The molecule has 0 spiro atoms. The minimum absolute atomic E-state index is 0. The van der Waals surface area contributed by atoms with E-state index in [4.69, 9.17) is 4.52 Å². The van der Waals surface area contributed by atoms with Crippen molar-refractivity contribution in [1.29, 1.82) is 0 Å². The van der Waals surface area contributed by atoms with Gasteiger partial charge in [-0.2, -0.15) is 4.31 Å². The number of hydrogen-bond acceptors (Lipinski definition) is 6. The molecule has 1 aliphatic rings. The average molecular weight is 548 g/mol. The standard InChI is InChI=1S/C19H28N6O3S.HI/c1-20-19(21-9-10-23(2)18-6-4-3-5-7-18)24-11-13-25(14-12-24)29(26,27)16-17-8-15-28-22-17;/h3-8,15H,9-14,16H2,1-2H3,(H,20,21);1H. The largest absolute Gasteiger partial charge is 0.373 e. The number of benzene rings is 1. The van der Waals surface area contributed by atoms with Crippen LogP contribution >= 0.6 is 24.0 Å². The maximum Gasteiger partial charge on any atom is 0.220 e. The number of nitrogens with zero attached hydrogens (tertiary/aromatic N) is 5. The van der Waals surface area contributed by atoms with E-state index < -0.39 is 10.0 Å². The molecule has 0 bridgehead atoms. The molecule has 2 heterocycles. The number of guanidine groups is 1. The van der Waals surface area contributed by atoms with Gasteiger partial charge in [0.25, 0.3) is 0 Å². The summed E-state index contributed by atoms with van der Waals surface area (Å²) >= 11 is 0. The topological polar surface area (TPSA) is 94.3 Å². The first-order valence-electron chi connectivity index (χ1n) is 9.58. The molecule has 2 aromatic rings. The van der Waals surface area contributed by atoms with Gasteiger partial charge in [-0.05, 0) is 12.1 Å². The molecule has 1 fully saturated rings. The summed E-state index contributed by atoms with van der Waals surface area (Å²) in [5.74, 6) is 0.655. The minimum atomic E-state index is -3.40. The maximum absolute atomic E-state index is 12.6. The number of para-hydroxylation sites is 1. The number of rotatable bonds is 7. The van der Waals surface area contributed by atoms with Gasteiger partial charge in [0.05, 0.1) is 5.69 Å². The third kappa shape index (κ3) is 6.57. The molecule has 9 nitrogen and oxygen atoms in total. The molecular formula is C19H29IN6O3S. The third-order valence-corrected chi connectivity index (χ3v) is 6.70. The van der Waals surface area contributed by atoms with E-state index in [-0.39, 0.29) is 29.7 Å². The van der Waals surface area contributed by atoms with E-state index in [9.17, 15) is 8.42 Å². The second-order valence-corrected chi connectivity index (χ2v) is 8.83. The van der Waals surface area contributed by atoms with Crippen LogP contribution in [0.2, 0.25) is 0 Å². The number of sulfonamides is 1. The fourth-order valence-electron chi connectivity index (χ4n) is 3.25. The van der Waals surface area contributed by atoms with Crippen LogP contribution in [0.4, 0.5) is 5.69 Å². The molecule has 1 aromatic heterocycles. The van der Waals surface area contributed by atoms with Crippen molar-refractivity contribution in [3.63, 3.8) is 0 Å². The molecule has 0 amide bonds. The van der Waals surface area contributed by atoms with Gasteiger partial charge in [-0.25, -0.2) is 8.42 Å². The van der Waals surface area contributed by atoms with Gasteiger partial charge >= 0.3 is 0 Å². The SMILES string of the molecule is CN=C(NCCN(C)c1ccccc1)N1CCN(S(=O)(=O)Cc2ccon2)CC1.I. The van der Waals surface area contributed by atoms with Crippen molar-refractivity contribution in [3.05, 3.63) is 48.4 Å². The highest BCUT2D eigenvalue weighted by atomic mass is 127. The van der Waals surface area contributed by atoms with Gasteiger partial charge in [0.2, 0.25) is 10.0 Å². The quantitative estimate of drug-likeness (QED) is 0.318. The van der Waals surface area contributed by atoms with E-state index >= 15 is 0 Å². The number of halogens is 1. The maximum atomic E-state index is 12.6. The zero-order chi connectivity index (χ0) is 20.7. The highest BCUT2D eigenvalue weighted by Gasteiger charge is 2.28. The van der Waals surface area contributed by atoms with E-state index in [0.717, 1.165) is 24.7 Å². The second-order valence-electron chi connectivity index (χ2n) is 6.86. The number of hydrogen-bond donors (Lipinski definition) is 1. The lowest BCUT2D eigenvalue weighted by atomic mass is 10.3. The van der Waals surface area contributed by atoms with Crippen molar-refractivity contribution >= 4 is 45.6 Å². The predicted molar refractivity (Wildman–Crippen MR) is 129 cm³/mol. The summed E-state index contributed by atoms with van der Waals surface area (Å²) in [5.41, 5.74) is 1.59. The highest BCUT2D eigenvalue weighted by molar-refractivity contribution is 14.0. The van der Waals surface area contributed by atoms with Crippen LogP contribution in [0.5, 0.6) is 0 Å². The Hall–Kier alpha value is -1.86. The van der Waals surface area contributed by atoms with E-state index in [1.807, 2.05) is 18.2 Å². The molecule has 30 heavy (non-hydrogen) atoms. The van der Waals surface area contributed by atoms with Crippen LogP contribution in [-0.2, 0) is 15.8 Å². The normalized spacial score (nSPS) is 15.5. The Morgan fingerprint density at radius 1 is 1.20 bits per heavy atom. The van der Waals surface area contributed by atoms with Crippen LogP contribution < -0.4 is 10.2 Å². The fraction of sp³-hybridized carbons (Fsp3) is 0.474. The summed E-state index contributed by atoms with van der Waals surface area (Å²) in [7, 11) is 0.397. The van der Waals surface area contributed by atoms with Crippen molar-refractivity contribution < 1.29 is 12.9 Å². The van der Waals surface area contributed by atoms with Crippen LogP contribution in [-0.4, -0.2) is 82.1 Å². The molecule has 0 saturated carbocycles. The molecule has 166 valence electrons. The second kappa shape index (κ2) is 11.5. The van der Waals surface area contributed by atoms with Gasteiger partial charge in [-0.3, -0.25) is 4.99 Å². The van der Waals surface area contributed by atoms with Crippen LogP contribution in [0.1, 0.15) is 5.69 Å². The van der Waals surface area contributed by atoms with E-state index in [0.29, 0.717) is 31.9 Å². The van der Waals surface area contributed by atoms with Crippen LogP contribution in [0.25, 0.3) is 0 Å². The molecule has 1 aliphatic heterocycles. The van der Waals surface area contributed by atoms with E-state index in [1.54, 1.807) is 13.1 Å². The molecule has 0 atom stereocenters. The van der Waals surface area contributed by atoms with Crippen LogP contribution in [0.3, 0.4) is 0 Å². The average Bonchev–Trinajstić information content (AvgIpc) is 3.24. The monoisotopic (exact) mass is 548 g/mol. The summed E-state index contributed by atoms with van der Waals surface area (Å²) in [5, 5.41) is 7.07. The number of aliphatic imine (C=N–C) groups is 1. The van der Waals surface area contributed by atoms with Gasteiger partial charge in [0.15, 0.2) is 5.96 Å². The van der Waals surface area contributed by atoms with E-state index in [2.05, 4.69) is 44.4 Å².